The van der Waals surface area contributed by atoms with Crippen LogP contribution in [-0.4, -0.2) is 37.1 Å². The van der Waals surface area contributed by atoms with Crippen LogP contribution in [0.4, 0.5) is 0 Å². The van der Waals surface area contributed by atoms with Gasteiger partial charge in [-0.05, 0) is 25.0 Å². The minimum atomic E-state index is -0.923. The molecule has 21 heavy (non-hydrogen) atoms. The number of pyridine rings is 1. The Bertz CT molecular complexity index is 661. The summed E-state index contributed by atoms with van der Waals surface area (Å²) < 4.78 is 1.64. The molecule has 0 fully saturated rings. The first-order chi connectivity index (χ1) is 9.99. The first-order valence-electron chi connectivity index (χ1n) is 6.83. The first kappa shape index (κ1) is 15.0. The molecular formula is C14H18N4O3. The number of hydrogen-bond donors (Lipinski definition) is 2. The molecule has 0 saturated heterocycles. The van der Waals surface area contributed by atoms with Gasteiger partial charge in [-0.2, -0.15) is 0 Å². The van der Waals surface area contributed by atoms with Gasteiger partial charge in [-0.15, -0.1) is 10.2 Å². The predicted molar refractivity (Wildman–Crippen MR) is 76.0 cm³/mol. The summed E-state index contributed by atoms with van der Waals surface area (Å²) in [4.78, 5) is 23.4. The standard InChI is InChI=1S/C14H18N4O3/c1-3-14(4-2,7-12(19)20)16-13(21)10-5-6-11-17-15-9-18(11)8-10/h5-6,8-9H,3-4,7H2,1-2H3,(H,16,21)(H,19,20). The highest BCUT2D eigenvalue weighted by Gasteiger charge is 2.31. The fourth-order valence-corrected chi connectivity index (χ4v) is 2.29. The van der Waals surface area contributed by atoms with Gasteiger partial charge in [0, 0.05) is 6.20 Å². The normalized spacial score (nSPS) is 11.5. The monoisotopic (exact) mass is 290 g/mol. The number of fused-ring (bicyclic) bond motifs is 1. The number of aliphatic carboxylic acids is 1. The van der Waals surface area contributed by atoms with Gasteiger partial charge >= 0.3 is 5.97 Å². The number of carboxylic acid groups (broad SMARTS) is 1. The largest absolute Gasteiger partial charge is 0.481 e. The highest BCUT2D eigenvalue weighted by atomic mass is 16.4. The molecule has 2 aromatic rings. The molecule has 2 aromatic heterocycles. The fraction of sp³-hybridized carbons (Fsp3) is 0.429. The smallest absolute Gasteiger partial charge is 0.305 e. The second-order valence-electron chi connectivity index (χ2n) is 5.03. The number of hydrogen-bond acceptors (Lipinski definition) is 4. The van der Waals surface area contributed by atoms with Crippen LogP contribution in [0.2, 0.25) is 0 Å². The van der Waals surface area contributed by atoms with Crippen LogP contribution in [0, 0.1) is 0 Å². The lowest BCUT2D eigenvalue weighted by Crippen LogP contribution is -2.49. The molecule has 0 saturated carbocycles. The van der Waals surface area contributed by atoms with Crippen LogP contribution in [0.25, 0.3) is 5.65 Å². The molecule has 1 amide bonds. The SMILES string of the molecule is CCC(CC)(CC(=O)O)NC(=O)c1ccc2nncn2c1. The van der Waals surface area contributed by atoms with E-state index in [-0.39, 0.29) is 12.3 Å². The maximum absolute atomic E-state index is 12.4. The maximum Gasteiger partial charge on any atom is 0.305 e. The van der Waals surface area contributed by atoms with Gasteiger partial charge in [-0.1, -0.05) is 13.8 Å². The van der Waals surface area contributed by atoms with E-state index in [9.17, 15) is 9.59 Å². The lowest BCUT2D eigenvalue weighted by molar-refractivity contribution is -0.138. The van der Waals surface area contributed by atoms with Crippen LogP contribution >= 0.6 is 0 Å². The van der Waals surface area contributed by atoms with Crippen molar-refractivity contribution in [2.75, 3.05) is 0 Å². The van der Waals surface area contributed by atoms with Crippen molar-refractivity contribution in [3.8, 4) is 0 Å². The second kappa shape index (κ2) is 5.90. The number of aromatic nitrogens is 3. The zero-order valence-electron chi connectivity index (χ0n) is 12.0. The van der Waals surface area contributed by atoms with Crippen LogP contribution in [0.1, 0.15) is 43.5 Å². The fourth-order valence-electron chi connectivity index (χ4n) is 2.29. The van der Waals surface area contributed by atoms with Gasteiger partial charge in [-0.25, -0.2) is 0 Å². The number of carbonyl (C=O) groups excluding carboxylic acids is 1. The third kappa shape index (κ3) is 3.18. The molecule has 0 aliphatic rings. The molecule has 2 heterocycles. The molecule has 0 aromatic carbocycles. The quantitative estimate of drug-likeness (QED) is 0.840. The highest BCUT2D eigenvalue weighted by molar-refractivity contribution is 5.95. The average Bonchev–Trinajstić information content (AvgIpc) is 2.93. The Labute approximate surface area is 122 Å². The van der Waals surface area contributed by atoms with Gasteiger partial charge in [-0.3, -0.25) is 14.0 Å². The van der Waals surface area contributed by atoms with E-state index in [0.29, 0.717) is 24.1 Å². The van der Waals surface area contributed by atoms with Gasteiger partial charge in [0.05, 0.1) is 17.5 Å². The van der Waals surface area contributed by atoms with Crippen LogP contribution in [-0.2, 0) is 4.79 Å². The summed E-state index contributed by atoms with van der Waals surface area (Å²) in [6, 6.07) is 3.34. The van der Waals surface area contributed by atoms with E-state index in [4.69, 9.17) is 5.11 Å². The van der Waals surface area contributed by atoms with E-state index >= 15 is 0 Å². The lowest BCUT2D eigenvalue weighted by atomic mass is 9.88. The summed E-state index contributed by atoms with van der Waals surface area (Å²) in [5, 5.41) is 19.5. The summed E-state index contributed by atoms with van der Waals surface area (Å²) in [5.41, 5.74) is 0.360. The third-order valence-corrected chi connectivity index (χ3v) is 3.77. The predicted octanol–water partition coefficient (Wildman–Crippen LogP) is 1.49. The van der Waals surface area contributed by atoms with Crippen molar-refractivity contribution in [1.29, 1.82) is 0 Å². The van der Waals surface area contributed by atoms with Crippen molar-refractivity contribution in [2.45, 2.75) is 38.6 Å². The number of rotatable bonds is 6. The van der Waals surface area contributed by atoms with Crippen molar-refractivity contribution < 1.29 is 14.7 Å². The number of carbonyl (C=O) groups is 2. The highest BCUT2D eigenvalue weighted by Crippen LogP contribution is 2.20. The van der Waals surface area contributed by atoms with E-state index in [1.165, 1.54) is 6.33 Å². The van der Waals surface area contributed by atoms with Crippen LogP contribution < -0.4 is 5.32 Å². The van der Waals surface area contributed by atoms with Crippen LogP contribution in [0.5, 0.6) is 0 Å². The van der Waals surface area contributed by atoms with Gasteiger partial charge in [0.15, 0.2) is 5.65 Å². The summed E-state index contributed by atoms with van der Waals surface area (Å²) in [7, 11) is 0. The third-order valence-electron chi connectivity index (χ3n) is 3.77. The molecule has 7 heteroatoms. The Balaban J connectivity index is 2.23. The second-order valence-corrected chi connectivity index (χ2v) is 5.03. The van der Waals surface area contributed by atoms with E-state index in [0.717, 1.165) is 0 Å². The first-order valence-corrected chi connectivity index (χ1v) is 6.83. The molecule has 2 N–H and O–H groups in total. The van der Waals surface area contributed by atoms with Crippen molar-refractivity contribution in [1.82, 2.24) is 19.9 Å². The molecule has 0 aliphatic carbocycles. The van der Waals surface area contributed by atoms with Crippen LogP contribution in [0.3, 0.4) is 0 Å². The van der Waals surface area contributed by atoms with Gasteiger partial charge in [0.25, 0.3) is 5.91 Å². The Morgan fingerprint density at radius 2 is 2.05 bits per heavy atom. The average molecular weight is 290 g/mol. The molecule has 0 atom stereocenters. The number of carboxylic acids is 1. The van der Waals surface area contributed by atoms with Gasteiger partial charge in [0.2, 0.25) is 0 Å². The Kier molecular flexibility index (Phi) is 4.21. The number of nitrogens with zero attached hydrogens (tertiary/aromatic N) is 3. The maximum atomic E-state index is 12.4. The van der Waals surface area contributed by atoms with Crippen molar-refractivity contribution in [3.63, 3.8) is 0 Å². The lowest BCUT2D eigenvalue weighted by Gasteiger charge is -2.31. The molecule has 2 rings (SSSR count). The topological polar surface area (TPSA) is 96.6 Å². The number of amides is 1. The minimum absolute atomic E-state index is 0.0966. The summed E-state index contributed by atoms with van der Waals surface area (Å²) in [6.07, 6.45) is 4.14. The molecule has 0 bridgehead atoms. The van der Waals surface area contributed by atoms with Crippen LogP contribution in [0.15, 0.2) is 24.7 Å². The molecule has 0 aliphatic heterocycles. The Morgan fingerprint density at radius 3 is 2.67 bits per heavy atom. The molecule has 0 spiro atoms. The summed E-state index contributed by atoms with van der Waals surface area (Å²) in [6.45, 7) is 3.74. The van der Waals surface area contributed by atoms with E-state index in [2.05, 4.69) is 15.5 Å². The summed E-state index contributed by atoms with van der Waals surface area (Å²) in [5.74, 6) is -1.22. The van der Waals surface area contributed by atoms with Crippen molar-refractivity contribution in [2.24, 2.45) is 0 Å². The van der Waals surface area contributed by atoms with E-state index in [1.54, 1.807) is 22.7 Å². The van der Waals surface area contributed by atoms with Crippen molar-refractivity contribution >= 4 is 17.5 Å². The van der Waals surface area contributed by atoms with Crippen molar-refractivity contribution in [3.05, 3.63) is 30.2 Å². The molecule has 7 nitrogen and oxygen atoms in total. The zero-order valence-corrected chi connectivity index (χ0v) is 12.0. The molecule has 0 unspecified atom stereocenters. The molecule has 0 radical (unpaired) electrons. The zero-order chi connectivity index (χ0) is 15.5. The minimum Gasteiger partial charge on any atom is -0.481 e. The molecular weight excluding hydrogens is 272 g/mol. The van der Waals surface area contributed by atoms with Gasteiger partial charge in [0.1, 0.15) is 6.33 Å². The Morgan fingerprint density at radius 1 is 1.33 bits per heavy atom. The molecule has 112 valence electrons. The Hall–Kier alpha value is -2.44. The van der Waals surface area contributed by atoms with E-state index < -0.39 is 11.5 Å². The number of nitrogens with one attached hydrogen (secondary N) is 1. The van der Waals surface area contributed by atoms with Gasteiger partial charge < -0.3 is 10.4 Å². The van der Waals surface area contributed by atoms with E-state index in [1.807, 2.05) is 13.8 Å². The summed E-state index contributed by atoms with van der Waals surface area (Å²) >= 11 is 0.